The fourth-order valence-corrected chi connectivity index (χ4v) is 1.40. The van der Waals surface area contributed by atoms with Crippen LogP contribution in [0.25, 0.3) is 0 Å². The zero-order valence-electron chi connectivity index (χ0n) is 4.48. The van der Waals surface area contributed by atoms with E-state index >= 15 is 0 Å². The zero-order valence-corrected chi connectivity index (χ0v) is 5.29. The normalized spacial score (nSPS) is 34.1. The minimum Gasteiger partial charge on any atom is -0.256 e. The summed E-state index contributed by atoms with van der Waals surface area (Å²) in [7, 11) is 2.20. The summed E-state index contributed by atoms with van der Waals surface area (Å²) in [4.78, 5) is 0. The van der Waals surface area contributed by atoms with Crippen LogP contribution in [0, 0.1) is 0 Å². The van der Waals surface area contributed by atoms with Gasteiger partial charge in [0.2, 0.25) is 0 Å². The topological polar surface area (TPSA) is 15.3 Å². The molecule has 1 rings (SSSR count). The van der Waals surface area contributed by atoms with E-state index in [1.807, 2.05) is 0 Å². The molecule has 1 aliphatic rings. The van der Waals surface area contributed by atoms with Crippen molar-refractivity contribution in [2.24, 2.45) is 0 Å². The van der Waals surface area contributed by atoms with Gasteiger partial charge in [-0.25, -0.2) is 4.31 Å². The molecule has 3 heteroatoms. The first-order chi connectivity index (χ1) is 3.30. The van der Waals surface area contributed by atoms with E-state index in [-0.39, 0.29) is 10.9 Å². The van der Waals surface area contributed by atoms with Crippen molar-refractivity contribution in [3.8, 4) is 0 Å². The lowest BCUT2D eigenvalue weighted by Gasteiger charge is -2.05. The Morgan fingerprint density at radius 2 is 2.57 bits per heavy atom. The first-order valence-electron chi connectivity index (χ1n) is 2.29. The van der Waals surface area contributed by atoms with Crippen LogP contribution in [0.3, 0.4) is 0 Å². The summed E-state index contributed by atoms with van der Waals surface area (Å²) in [5.41, 5.74) is 0. The van der Waals surface area contributed by atoms with E-state index in [1.165, 1.54) is 0 Å². The van der Waals surface area contributed by atoms with Gasteiger partial charge in [-0.05, 0) is 12.9 Å². The van der Waals surface area contributed by atoms with Gasteiger partial charge in [0.1, 0.15) is 0 Å². The van der Waals surface area contributed by atoms with Crippen LogP contribution in [0.1, 0.15) is 0 Å². The molecule has 1 unspecified atom stereocenters. The number of hydrogen-bond donors (Lipinski definition) is 1. The van der Waals surface area contributed by atoms with Crippen molar-refractivity contribution in [2.45, 2.75) is 0 Å². The number of rotatable bonds is 0. The summed E-state index contributed by atoms with van der Waals surface area (Å²) in [6, 6.07) is 0. The maximum atomic E-state index is 3.86. The molecule has 0 saturated carbocycles. The lowest BCUT2D eigenvalue weighted by molar-refractivity contribution is 0.610. The zero-order chi connectivity index (χ0) is 5.28. The molecule has 0 aromatic heterocycles. The fraction of sp³-hybridized carbons (Fsp3) is 0.750. The maximum absolute atomic E-state index is 3.86. The van der Waals surface area contributed by atoms with Gasteiger partial charge in [-0.1, -0.05) is 10.9 Å². The van der Waals surface area contributed by atoms with E-state index in [4.69, 9.17) is 0 Å². The van der Waals surface area contributed by atoms with Gasteiger partial charge in [0, 0.05) is 13.1 Å². The van der Waals surface area contributed by atoms with Crippen LogP contribution in [-0.4, -0.2) is 30.3 Å². The highest BCUT2D eigenvalue weighted by atomic mass is 32.2. The second-order valence-corrected chi connectivity index (χ2v) is 3.25. The van der Waals surface area contributed by atoms with Crippen LogP contribution < -0.4 is 4.72 Å². The van der Waals surface area contributed by atoms with Crippen LogP contribution in [0.2, 0.25) is 0 Å². The highest BCUT2D eigenvalue weighted by Crippen LogP contribution is 2.12. The van der Waals surface area contributed by atoms with Gasteiger partial charge in [0.25, 0.3) is 0 Å². The molecule has 1 aliphatic heterocycles. The highest BCUT2D eigenvalue weighted by molar-refractivity contribution is 8.10. The molecule has 1 heterocycles. The van der Waals surface area contributed by atoms with Crippen LogP contribution in [0.4, 0.5) is 0 Å². The Kier molecular flexibility index (Phi) is 1.46. The smallest absolute Gasteiger partial charge is 0.0228 e. The number of nitrogens with zero attached hydrogens (tertiary/aromatic N) is 1. The molecule has 0 spiro atoms. The molecular formula is C4H10N2S. The monoisotopic (exact) mass is 118 g/mol. The Hall–Kier alpha value is 0.140. The number of likely N-dealkylation sites (N-methyl/N-ethyl adjacent to an activating group) is 1. The standard InChI is InChI=1S/C4H10N2S/c1-6-4-3-5-7(6)2/h5H,2-4H2,1H3. The molecule has 7 heavy (non-hydrogen) atoms. The van der Waals surface area contributed by atoms with E-state index in [0.29, 0.717) is 0 Å². The molecule has 0 aromatic carbocycles. The molecule has 2 nitrogen and oxygen atoms in total. The lowest BCUT2D eigenvalue weighted by Crippen LogP contribution is -2.04. The van der Waals surface area contributed by atoms with Crippen LogP contribution in [0.5, 0.6) is 0 Å². The highest BCUT2D eigenvalue weighted by Gasteiger charge is 2.06. The Morgan fingerprint density at radius 1 is 1.86 bits per heavy atom. The quantitative estimate of drug-likeness (QED) is 0.452. The SMILES string of the molecule is C=S1NCCN1C. The van der Waals surface area contributed by atoms with Gasteiger partial charge in [0.15, 0.2) is 0 Å². The molecule has 1 fully saturated rings. The average Bonchev–Trinajstić information content (AvgIpc) is 1.91. The molecule has 1 saturated heterocycles. The third-order valence-corrected chi connectivity index (χ3v) is 2.54. The maximum Gasteiger partial charge on any atom is 0.0228 e. The van der Waals surface area contributed by atoms with Crippen molar-refractivity contribution in [3.05, 3.63) is 0 Å². The number of hydrogen-bond acceptors (Lipinski definition) is 2. The predicted molar refractivity (Wildman–Crippen MR) is 35.3 cm³/mol. The van der Waals surface area contributed by atoms with Crippen molar-refractivity contribution in [2.75, 3.05) is 20.1 Å². The average molecular weight is 118 g/mol. The molecule has 0 aliphatic carbocycles. The minimum atomic E-state index is 0.116. The van der Waals surface area contributed by atoms with Gasteiger partial charge in [-0.3, -0.25) is 4.72 Å². The second kappa shape index (κ2) is 1.94. The fourth-order valence-electron chi connectivity index (χ4n) is 0.541. The van der Waals surface area contributed by atoms with E-state index < -0.39 is 0 Å². The third kappa shape index (κ3) is 1.02. The van der Waals surface area contributed by atoms with E-state index in [1.54, 1.807) is 0 Å². The van der Waals surface area contributed by atoms with Crippen molar-refractivity contribution in [1.29, 1.82) is 0 Å². The van der Waals surface area contributed by atoms with Gasteiger partial charge in [-0.15, -0.1) is 0 Å². The Morgan fingerprint density at radius 3 is 2.71 bits per heavy atom. The molecule has 42 valence electrons. The molecule has 0 radical (unpaired) electrons. The first kappa shape index (κ1) is 5.28. The Labute approximate surface area is 46.7 Å². The molecule has 0 bridgehead atoms. The van der Waals surface area contributed by atoms with Crippen molar-refractivity contribution in [3.63, 3.8) is 0 Å². The molecule has 0 amide bonds. The number of nitrogens with one attached hydrogen (secondary N) is 1. The van der Waals surface area contributed by atoms with Gasteiger partial charge < -0.3 is 0 Å². The summed E-state index contributed by atoms with van der Waals surface area (Å²) in [6.45, 7) is 2.25. The summed E-state index contributed by atoms with van der Waals surface area (Å²) in [5.74, 6) is 3.86. The van der Waals surface area contributed by atoms with Crippen molar-refractivity contribution < 1.29 is 0 Å². The van der Waals surface area contributed by atoms with Gasteiger partial charge in [-0.2, -0.15) is 0 Å². The van der Waals surface area contributed by atoms with Crippen molar-refractivity contribution >= 4 is 16.7 Å². The molecule has 1 atom stereocenters. The Bertz CT molecular complexity index is 91.7. The Balaban J connectivity index is 2.48. The van der Waals surface area contributed by atoms with E-state index in [2.05, 4.69) is 21.9 Å². The first-order valence-corrected chi connectivity index (χ1v) is 3.64. The lowest BCUT2D eigenvalue weighted by atomic mass is 10.7. The summed E-state index contributed by atoms with van der Waals surface area (Å²) in [5, 5.41) is 0. The van der Waals surface area contributed by atoms with Gasteiger partial charge in [0.05, 0.1) is 0 Å². The summed E-state index contributed by atoms with van der Waals surface area (Å²) in [6.07, 6.45) is 0. The third-order valence-electron chi connectivity index (χ3n) is 1.07. The minimum absolute atomic E-state index is 0.116. The predicted octanol–water partition coefficient (Wildman–Crippen LogP) is 0.0523. The van der Waals surface area contributed by atoms with Crippen LogP contribution >= 0.6 is 10.9 Å². The van der Waals surface area contributed by atoms with Crippen molar-refractivity contribution in [1.82, 2.24) is 9.03 Å². The molecule has 0 aromatic rings. The second-order valence-electron chi connectivity index (χ2n) is 1.61. The largest absolute Gasteiger partial charge is 0.256 e. The van der Waals surface area contributed by atoms with Gasteiger partial charge >= 0.3 is 0 Å². The molecule has 1 N–H and O–H groups in total. The molecular weight excluding hydrogens is 108 g/mol. The van der Waals surface area contributed by atoms with E-state index in [0.717, 1.165) is 13.1 Å². The summed E-state index contributed by atoms with van der Waals surface area (Å²) < 4.78 is 5.42. The van der Waals surface area contributed by atoms with Crippen LogP contribution in [-0.2, 0) is 0 Å². The van der Waals surface area contributed by atoms with E-state index in [9.17, 15) is 0 Å². The van der Waals surface area contributed by atoms with Crippen LogP contribution in [0.15, 0.2) is 0 Å². The summed E-state index contributed by atoms with van der Waals surface area (Å²) >= 11 is 0.